The number of amides is 1. The van der Waals surface area contributed by atoms with Crippen molar-refractivity contribution in [1.82, 2.24) is 5.32 Å². The van der Waals surface area contributed by atoms with Crippen LogP contribution in [0.2, 0.25) is 0 Å². The highest BCUT2D eigenvalue weighted by molar-refractivity contribution is 5.76. The van der Waals surface area contributed by atoms with Gasteiger partial charge in [-0.2, -0.15) is 0 Å². The molecular weight excluding hydrogens is 538 g/mol. The Morgan fingerprint density at radius 3 is 2.43 bits per heavy atom. The van der Waals surface area contributed by atoms with Crippen LogP contribution in [-0.2, 0) is 32.0 Å². The Morgan fingerprint density at radius 2 is 1.81 bits per heavy atom. The van der Waals surface area contributed by atoms with Crippen molar-refractivity contribution in [2.24, 2.45) is 17.8 Å². The number of rotatable bonds is 16. The molecule has 3 rings (SSSR count). The summed E-state index contributed by atoms with van der Waals surface area (Å²) in [7, 11) is 3.28. The van der Waals surface area contributed by atoms with Crippen LogP contribution in [0.3, 0.4) is 0 Å². The molecule has 0 aliphatic carbocycles. The number of methoxy groups -OCH3 is 2. The second kappa shape index (κ2) is 15.8. The minimum Gasteiger partial charge on any atom is -0.493 e. The molecule has 42 heavy (non-hydrogen) atoms. The van der Waals surface area contributed by atoms with Crippen molar-refractivity contribution in [2.45, 2.75) is 77.7 Å². The molecule has 0 aromatic heterocycles. The molecular formula is C33H47NO8. The van der Waals surface area contributed by atoms with E-state index in [1.54, 1.807) is 28.1 Å². The van der Waals surface area contributed by atoms with Crippen molar-refractivity contribution in [1.29, 1.82) is 0 Å². The van der Waals surface area contributed by atoms with Gasteiger partial charge in [0.05, 0.1) is 31.3 Å². The molecule has 2 N–H and O–H groups in total. The number of aliphatic hydroxyl groups is 1. The maximum absolute atomic E-state index is 13.0. The zero-order valence-electron chi connectivity index (χ0n) is 25.8. The molecule has 9 nitrogen and oxygen atoms in total. The van der Waals surface area contributed by atoms with E-state index in [-0.39, 0.29) is 18.4 Å². The zero-order chi connectivity index (χ0) is 30.7. The molecule has 0 bridgehead atoms. The van der Waals surface area contributed by atoms with Crippen LogP contribution in [0.4, 0.5) is 4.79 Å². The van der Waals surface area contributed by atoms with Gasteiger partial charge in [0, 0.05) is 26.6 Å². The van der Waals surface area contributed by atoms with Gasteiger partial charge in [-0.1, -0.05) is 50.2 Å². The highest BCUT2D eigenvalue weighted by atomic mass is 16.6. The van der Waals surface area contributed by atoms with Gasteiger partial charge < -0.3 is 34.1 Å². The highest BCUT2D eigenvalue weighted by Gasteiger charge is 2.46. The first-order valence-corrected chi connectivity index (χ1v) is 14.7. The SMILES string of the molecule is COCCCOc1cc(C[C@@H](C[C@H](NC(=O)OCc2ccccc2)[C@@H]2C[C@@H](C(C)(C)O)C(=O)O2)C(C)C)ccc1OC. The maximum atomic E-state index is 13.0. The standard InChI is InChI=1S/C33H47NO8/c1-22(2)25(17-24-13-14-28(39-6)30(18-24)40-16-10-15-38-5)19-27(29-20-26(31(35)42-29)33(3,4)37)34-32(36)41-21-23-11-8-7-9-12-23/h7-9,11-14,18,22,25-27,29,37H,10,15-17,19-21H2,1-6H3,(H,34,36)/t25-,26+,27-,29-/m0/s1. The van der Waals surface area contributed by atoms with E-state index in [0.717, 1.165) is 17.5 Å². The predicted octanol–water partition coefficient (Wildman–Crippen LogP) is 5.31. The first-order chi connectivity index (χ1) is 20.0. The Labute approximate surface area is 249 Å². The van der Waals surface area contributed by atoms with E-state index in [1.807, 2.05) is 48.5 Å². The minimum atomic E-state index is -1.23. The summed E-state index contributed by atoms with van der Waals surface area (Å²) in [5, 5.41) is 13.5. The van der Waals surface area contributed by atoms with Crippen LogP contribution in [0.25, 0.3) is 0 Å². The van der Waals surface area contributed by atoms with Gasteiger partial charge in [-0.25, -0.2) is 4.79 Å². The molecule has 1 aliphatic rings. The van der Waals surface area contributed by atoms with E-state index >= 15 is 0 Å². The molecule has 2 aromatic carbocycles. The van der Waals surface area contributed by atoms with Gasteiger partial charge in [-0.05, 0) is 61.8 Å². The van der Waals surface area contributed by atoms with Crippen molar-refractivity contribution in [3.63, 3.8) is 0 Å². The van der Waals surface area contributed by atoms with Crippen molar-refractivity contribution in [2.75, 3.05) is 27.4 Å². The molecule has 1 saturated heterocycles. The van der Waals surface area contributed by atoms with Crippen molar-refractivity contribution >= 4 is 12.1 Å². The van der Waals surface area contributed by atoms with Gasteiger partial charge in [0.25, 0.3) is 0 Å². The molecule has 1 aliphatic heterocycles. The molecule has 0 saturated carbocycles. The largest absolute Gasteiger partial charge is 0.493 e. The van der Waals surface area contributed by atoms with E-state index in [1.165, 1.54) is 0 Å². The lowest BCUT2D eigenvalue weighted by Crippen LogP contribution is -2.45. The van der Waals surface area contributed by atoms with E-state index in [0.29, 0.717) is 44.0 Å². The van der Waals surface area contributed by atoms with E-state index < -0.39 is 35.7 Å². The molecule has 4 atom stereocenters. The molecule has 2 aromatic rings. The van der Waals surface area contributed by atoms with E-state index in [2.05, 4.69) is 19.2 Å². The number of carbonyl (C=O) groups excluding carboxylic acids is 2. The van der Waals surface area contributed by atoms with Gasteiger partial charge in [-0.3, -0.25) is 4.79 Å². The zero-order valence-corrected chi connectivity index (χ0v) is 25.8. The van der Waals surface area contributed by atoms with Crippen LogP contribution >= 0.6 is 0 Å². The molecule has 232 valence electrons. The summed E-state index contributed by atoms with van der Waals surface area (Å²) >= 11 is 0. The minimum absolute atomic E-state index is 0.124. The number of carbonyl (C=O) groups is 2. The van der Waals surface area contributed by atoms with Gasteiger partial charge in [0.2, 0.25) is 0 Å². The van der Waals surface area contributed by atoms with Crippen LogP contribution in [0, 0.1) is 17.8 Å². The van der Waals surface area contributed by atoms with Crippen molar-refractivity contribution in [3.05, 3.63) is 59.7 Å². The van der Waals surface area contributed by atoms with E-state index in [9.17, 15) is 14.7 Å². The van der Waals surface area contributed by atoms with Crippen LogP contribution in [0.1, 0.15) is 58.1 Å². The molecule has 1 fully saturated rings. The molecule has 0 unspecified atom stereocenters. The Balaban J connectivity index is 1.77. The molecule has 0 radical (unpaired) electrons. The number of cyclic esters (lactones) is 1. The number of hydrogen-bond donors (Lipinski definition) is 2. The Kier molecular flexibility index (Phi) is 12.5. The third-order valence-electron chi connectivity index (χ3n) is 7.81. The first-order valence-electron chi connectivity index (χ1n) is 14.7. The molecule has 9 heteroatoms. The molecule has 1 amide bonds. The summed E-state index contributed by atoms with van der Waals surface area (Å²) < 4.78 is 27.9. The van der Waals surface area contributed by atoms with Crippen LogP contribution in [0.15, 0.2) is 48.5 Å². The van der Waals surface area contributed by atoms with Gasteiger partial charge >= 0.3 is 12.1 Å². The third kappa shape index (κ3) is 9.91. The average Bonchev–Trinajstić information content (AvgIpc) is 3.36. The summed E-state index contributed by atoms with van der Waals surface area (Å²) in [5.74, 6) is 0.579. The van der Waals surface area contributed by atoms with Gasteiger partial charge in [-0.15, -0.1) is 0 Å². The summed E-state index contributed by atoms with van der Waals surface area (Å²) in [6, 6.07) is 14.9. The highest BCUT2D eigenvalue weighted by Crippen LogP contribution is 2.35. The number of esters is 1. The average molecular weight is 586 g/mol. The van der Waals surface area contributed by atoms with Crippen molar-refractivity contribution in [3.8, 4) is 11.5 Å². The molecule has 1 heterocycles. The normalized spacial score (nSPS) is 18.3. The quantitative estimate of drug-likeness (QED) is 0.201. The Morgan fingerprint density at radius 1 is 1.07 bits per heavy atom. The van der Waals surface area contributed by atoms with Crippen LogP contribution < -0.4 is 14.8 Å². The predicted molar refractivity (Wildman–Crippen MR) is 159 cm³/mol. The lowest BCUT2D eigenvalue weighted by Gasteiger charge is -2.30. The Hall–Kier alpha value is -3.30. The summed E-state index contributed by atoms with van der Waals surface area (Å²) in [5.41, 5.74) is 0.711. The first kappa shape index (κ1) is 33.2. The number of nitrogens with one attached hydrogen (secondary N) is 1. The molecule has 0 spiro atoms. The van der Waals surface area contributed by atoms with Crippen molar-refractivity contribution < 1.29 is 38.4 Å². The summed E-state index contributed by atoms with van der Waals surface area (Å²) in [6.45, 7) is 8.74. The lowest BCUT2D eigenvalue weighted by atomic mass is 9.81. The van der Waals surface area contributed by atoms with Gasteiger partial charge in [0.15, 0.2) is 11.5 Å². The fraction of sp³-hybridized carbons (Fsp3) is 0.576. The monoisotopic (exact) mass is 585 g/mol. The van der Waals surface area contributed by atoms with Gasteiger partial charge in [0.1, 0.15) is 12.7 Å². The number of ether oxygens (including phenoxy) is 5. The Bertz CT molecular complexity index is 1130. The van der Waals surface area contributed by atoms with Crippen LogP contribution in [0.5, 0.6) is 11.5 Å². The second-order valence-electron chi connectivity index (χ2n) is 11.9. The topological polar surface area (TPSA) is 113 Å². The fourth-order valence-electron chi connectivity index (χ4n) is 5.22. The van der Waals surface area contributed by atoms with Crippen LogP contribution in [-0.4, -0.2) is 62.3 Å². The number of hydrogen-bond acceptors (Lipinski definition) is 8. The third-order valence-corrected chi connectivity index (χ3v) is 7.81. The smallest absolute Gasteiger partial charge is 0.407 e. The summed E-state index contributed by atoms with van der Waals surface area (Å²) in [6.07, 6.45) is 1.16. The maximum Gasteiger partial charge on any atom is 0.407 e. The number of benzene rings is 2. The second-order valence-corrected chi connectivity index (χ2v) is 11.9. The lowest BCUT2D eigenvalue weighted by molar-refractivity contribution is -0.150. The summed E-state index contributed by atoms with van der Waals surface area (Å²) in [4.78, 5) is 25.7. The van der Waals surface area contributed by atoms with E-state index in [4.69, 9.17) is 23.7 Å². The fourth-order valence-corrected chi connectivity index (χ4v) is 5.22. The number of alkyl carbamates (subject to hydrolysis) is 1.